The molecule has 0 fully saturated rings. The fourth-order valence-electron chi connectivity index (χ4n) is 1.27. The molecule has 8 heteroatoms. The first-order valence-electron chi connectivity index (χ1n) is 5.32. The zero-order valence-electron chi connectivity index (χ0n) is 10.1. The van der Waals surface area contributed by atoms with Crippen LogP contribution in [0.1, 0.15) is 17.3 Å². The molecule has 19 heavy (non-hydrogen) atoms. The monoisotopic (exact) mass is 288 g/mol. The van der Waals surface area contributed by atoms with E-state index < -0.39 is 28.7 Å². The van der Waals surface area contributed by atoms with E-state index in [0.29, 0.717) is 0 Å². The average molecular weight is 289 g/mol. The highest BCUT2D eigenvalue weighted by molar-refractivity contribution is 6.31. The molecule has 104 valence electrons. The molecule has 0 heterocycles. The van der Waals surface area contributed by atoms with Crippen LogP contribution in [0.5, 0.6) is 0 Å². The minimum absolute atomic E-state index is 0.144. The van der Waals surface area contributed by atoms with Crippen molar-refractivity contribution in [3.05, 3.63) is 38.9 Å². The quantitative estimate of drug-likeness (QED) is 0.546. The van der Waals surface area contributed by atoms with Crippen molar-refractivity contribution in [2.75, 3.05) is 13.2 Å². The SMILES string of the molecule is CC(O)(CO)CNC(=O)c1ccc(Cl)cc1[N+](=O)[O-]. The molecule has 0 aliphatic carbocycles. The van der Waals surface area contributed by atoms with Gasteiger partial charge in [0.15, 0.2) is 0 Å². The second-order valence-electron chi connectivity index (χ2n) is 4.26. The molecule has 3 N–H and O–H groups in total. The zero-order chi connectivity index (χ0) is 14.6. The van der Waals surface area contributed by atoms with Gasteiger partial charge < -0.3 is 15.5 Å². The van der Waals surface area contributed by atoms with Crippen molar-refractivity contribution in [1.29, 1.82) is 0 Å². The number of hydrogen-bond donors (Lipinski definition) is 3. The summed E-state index contributed by atoms with van der Waals surface area (Å²) < 4.78 is 0. The third-order valence-corrected chi connectivity index (χ3v) is 2.61. The van der Waals surface area contributed by atoms with Gasteiger partial charge in [0, 0.05) is 17.6 Å². The first-order valence-corrected chi connectivity index (χ1v) is 5.70. The zero-order valence-corrected chi connectivity index (χ0v) is 10.8. The number of benzene rings is 1. The standard InChI is InChI=1S/C11H13ClN2O5/c1-11(17,6-15)5-13-10(16)8-3-2-7(12)4-9(8)14(18)19/h2-4,15,17H,5-6H2,1H3,(H,13,16). The van der Waals surface area contributed by atoms with Gasteiger partial charge in [0.05, 0.1) is 11.5 Å². The number of aliphatic hydroxyl groups is 2. The number of aliphatic hydroxyl groups excluding tert-OH is 1. The summed E-state index contributed by atoms with van der Waals surface area (Å²) in [6.07, 6.45) is 0. The van der Waals surface area contributed by atoms with Crippen molar-refractivity contribution in [3.63, 3.8) is 0 Å². The molecule has 0 aliphatic rings. The van der Waals surface area contributed by atoms with Crippen LogP contribution in [0.2, 0.25) is 5.02 Å². The summed E-state index contributed by atoms with van der Waals surface area (Å²) in [5, 5.41) is 31.6. The molecule has 1 amide bonds. The number of nitro benzene ring substituents is 1. The van der Waals surface area contributed by atoms with E-state index in [9.17, 15) is 20.0 Å². The maximum absolute atomic E-state index is 11.8. The van der Waals surface area contributed by atoms with Crippen LogP contribution in [-0.2, 0) is 0 Å². The number of nitrogens with one attached hydrogen (secondary N) is 1. The molecule has 0 aromatic heterocycles. The molecule has 1 aromatic carbocycles. The number of nitro groups is 1. The lowest BCUT2D eigenvalue weighted by Crippen LogP contribution is -2.43. The van der Waals surface area contributed by atoms with E-state index in [0.717, 1.165) is 6.07 Å². The number of carbonyl (C=O) groups excluding carboxylic acids is 1. The van der Waals surface area contributed by atoms with Crippen LogP contribution in [0.15, 0.2) is 18.2 Å². The minimum Gasteiger partial charge on any atom is -0.393 e. The van der Waals surface area contributed by atoms with E-state index in [1.807, 2.05) is 0 Å². The van der Waals surface area contributed by atoms with Gasteiger partial charge in [-0.1, -0.05) is 11.6 Å². The van der Waals surface area contributed by atoms with Gasteiger partial charge in [-0.2, -0.15) is 0 Å². The highest BCUT2D eigenvalue weighted by atomic mass is 35.5. The van der Waals surface area contributed by atoms with Crippen LogP contribution < -0.4 is 5.32 Å². The Labute approximate surface area is 114 Å². The Bertz CT molecular complexity index is 504. The lowest BCUT2D eigenvalue weighted by molar-refractivity contribution is -0.385. The Hall–Kier alpha value is -1.70. The van der Waals surface area contributed by atoms with Crippen molar-refractivity contribution in [1.82, 2.24) is 5.32 Å². The highest BCUT2D eigenvalue weighted by Crippen LogP contribution is 2.23. The van der Waals surface area contributed by atoms with Crippen LogP contribution in [0.25, 0.3) is 0 Å². The normalized spacial score (nSPS) is 13.7. The molecule has 1 unspecified atom stereocenters. The van der Waals surface area contributed by atoms with Gasteiger partial charge in [-0.25, -0.2) is 0 Å². The highest BCUT2D eigenvalue weighted by Gasteiger charge is 2.24. The van der Waals surface area contributed by atoms with Gasteiger partial charge in [0.1, 0.15) is 11.2 Å². The molecule has 0 bridgehead atoms. The van der Waals surface area contributed by atoms with Crippen molar-refractivity contribution >= 4 is 23.2 Å². The molecular weight excluding hydrogens is 276 g/mol. The molecular formula is C11H13ClN2O5. The fraction of sp³-hybridized carbons (Fsp3) is 0.364. The van der Waals surface area contributed by atoms with Crippen molar-refractivity contribution in [3.8, 4) is 0 Å². The van der Waals surface area contributed by atoms with Crippen LogP contribution in [0.4, 0.5) is 5.69 Å². The van der Waals surface area contributed by atoms with Crippen LogP contribution in [0.3, 0.4) is 0 Å². The first kappa shape index (κ1) is 15.4. The van der Waals surface area contributed by atoms with Gasteiger partial charge in [-0.05, 0) is 19.1 Å². The van der Waals surface area contributed by atoms with Gasteiger partial charge in [0.2, 0.25) is 0 Å². The Morgan fingerprint density at radius 3 is 2.74 bits per heavy atom. The maximum atomic E-state index is 11.8. The van der Waals surface area contributed by atoms with Gasteiger partial charge in [-0.3, -0.25) is 14.9 Å². The van der Waals surface area contributed by atoms with E-state index in [-0.39, 0.29) is 17.1 Å². The minimum atomic E-state index is -1.49. The molecule has 0 saturated carbocycles. The molecule has 1 atom stereocenters. The van der Waals surface area contributed by atoms with Crippen molar-refractivity contribution in [2.45, 2.75) is 12.5 Å². The second-order valence-corrected chi connectivity index (χ2v) is 4.69. The third kappa shape index (κ3) is 4.16. The molecule has 0 spiro atoms. The third-order valence-electron chi connectivity index (χ3n) is 2.37. The van der Waals surface area contributed by atoms with Gasteiger partial charge >= 0.3 is 0 Å². The van der Waals surface area contributed by atoms with Crippen molar-refractivity contribution < 1.29 is 19.9 Å². The van der Waals surface area contributed by atoms with E-state index >= 15 is 0 Å². The summed E-state index contributed by atoms with van der Waals surface area (Å²) in [5.41, 5.74) is -2.08. The topological polar surface area (TPSA) is 113 Å². The maximum Gasteiger partial charge on any atom is 0.283 e. The molecule has 0 radical (unpaired) electrons. The Balaban J connectivity index is 2.91. The second kappa shape index (κ2) is 5.96. The van der Waals surface area contributed by atoms with Crippen LogP contribution in [0, 0.1) is 10.1 Å². The number of amides is 1. The van der Waals surface area contributed by atoms with Gasteiger partial charge in [0.25, 0.3) is 11.6 Å². The summed E-state index contributed by atoms with van der Waals surface area (Å²) in [6.45, 7) is 0.543. The predicted molar refractivity (Wildman–Crippen MR) is 68.1 cm³/mol. The fourth-order valence-corrected chi connectivity index (χ4v) is 1.44. The lowest BCUT2D eigenvalue weighted by atomic mass is 10.1. The average Bonchev–Trinajstić information content (AvgIpc) is 2.36. The number of carbonyl (C=O) groups is 1. The van der Waals surface area contributed by atoms with Crippen LogP contribution in [-0.4, -0.2) is 39.8 Å². The summed E-state index contributed by atoms with van der Waals surface area (Å²) in [4.78, 5) is 21.9. The Morgan fingerprint density at radius 2 is 2.21 bits per heavy atom. The van der Waals surface area contributed by atoms with Crippen LogP contribution >= 0.6 is 11.6 Å². The number of hydrogen-bond acceptors (Lipinski definition) is 5. The van der Waals surface area contributed by atoms with E-state index in [4.69, 9.17) is 16.7 Å². The molecule has 0 aliphatic heterocycles. The van der Waals surface area contributed by atoms with E-state index in [1.165, 1.54) is 19.1 Å². The summed E-state index contributed by atoms with van der Waals surface area (Å²) in [6, 6.07) is 3.65. The van der Waals surface area contributed by atoms with Gasteiger partial charge in [-0.15, -0.1) is 0 Å². The Morgan fingerprint density at radius 1 is 1.58 bits per heavy atom. The lowest BCUT2D eigenvalue weighted by Gasteiger charge is -2.20. The Kier molecular flexibility index (Phi) is 4.82. The summed E-state index contributed by atoms with van der Waals surface area (Å²) >= 11 is 5.63. The summed E-state index contributed by atoms with van der Waals surface area (Å²) in [5.74, 6) is -0.725. The van der Waals surface area contributed by atoms with E-state index in [1.54, 1.807) is 0 Å². The molecule has 1 aromatic rings. The molecule has 1 rings (SSSR count). The largest absolute Gasteiger partial charge is 0.393 e. The molecule has 0 saturated heterocycles. The first-order chi connectivity index (χ1) is 8.76. The number of halogens is 1. The number of nitrogens with zero attached hydrogens (tertiary/aromatic N) is 1. The number of rotatable bonds is 5. The summed E-state index contributed by atoms with van der Waals surface area (Å²) in [7, 11) is 0. The smallest absolute Gasteiger partial charge is 0.283 e. The predicted octanol–water partition coefficient (Wildman–Crippen LogP) is 0.721. The van der Waals surface area contributed by atoms with E-state index in [2.05, 4.69) is 5.32 Å². The molecule has 7 nitrogen and oxygen atoms in total. The van der Waals surface area contributed by atoms with Crippen molar-refractivity contribution in [2.24, 2.45) is 0 Å².